The number of alkyl halides is 3. The number of nitrogens with zero attached hydrogens (tertiary/aromatic N) is 1. The number of carbonyl (C=O) groups is 1. The summed E-state index contributed by atoms with van der Waals surface area (Å²) < 4.78 is 56.1. The minimum Gasteiger partial charge on any atom is -0.502 e. The maximum atomic E-state index is 13.0. The normalized spacial score (nSPS) is 11.8. The van der Waals surface area contributed by atoms with Gasteiger partial charge < -0.3 is 23.9 Å². The fraction of sp³-hybridized carbons (Fsp3) is 0.323. The third kappa shape index (κ3) is 9.87. The third-order valence-electron chi connectivity index (χ3n) is 5.98. The van der Waals surface area contributed by atoms with Crippen molar-refractivity contribution in [1.29, 1.82) is 0 Å². The summed E-state index contributed by atoms with van der Waals surface area (Å²) in [5, 5.41) is 7.26. The first-order valence-corrected chi connectivity index (χ1v) is 12.6. The summed E-state index contributed by atoms with van der Waals surface area (Å²) in [6, 6.07) is 12.4. The van der Waals surface area contributed by atoms with E-state index in [9.17, 15) is 13.2 Å². The second-order valence-corrected chi connectivity index (χ2v) is 8.67. The van der Waals surface area contributed by atoms with Crippen LogP contribution < -0.4 is 9.47 Å². The molecule has 40 heavy (non-hydrogen) atoms. The van der Waals surface area contributed by atoms with Gasteiger partial charge in [-0.2, -0.15) is 0 Å². The Balaban J connectivity index is 0.000000774. The van der Waals surface area contributed by atoms with Crippen LogP contribution in [-0.4, -0.2) is 35.7 Å². The zero-order valence-electron chi connectivity index (χ0n) is 23.8. The van der Waals surface area contributed by atoms with E-state index in [1.807, 2.05) is 62.6 Å². The molecule has 0 fully saturated rings. The molecular formula is C31H38F3NO5. The molecule has 3 aromatic rings. The van der Waals surface area contributed by atoms with E-state index in [0.717, 1.165) is 29.2 Å². The number of rotatable bonds is 9. The van der Waals surface area contributed by atoms with Crippen molar-refractivity contribution >= 4 is 22.9 Å². The van der Waals surface area contributed by atoms with Crippen molar-refractivity contribution in [1.82, 2.24) is 4.57 Å². The molecule has 1 unspecified atom stereocenters. The number of carboxylic acid groups (broad SMARTS) is 1. The van der Waals surface area contributed by atoms with Gasteiger partial charge in [-0.3, -0.25) is 4.79 Å². The van der Waals surface area contributed by atoms with Gasteiger partial charge in [0, 0.05) is 17.8 Å². The van der Waals surface area contributed by atoms with E-state index in [2.05, 4.69) is 24.8 Å². The van der Waals surface area contributed by atoms with Gasteiger partial charge in [-0.1, -0.05) is 50.4 Å². The number of ether oxygens (including phenoxy) is 3. The van der Waals surface area contributed by atoms with E-state index < -0.39 is 6.36 Å². The van der Waals surface area contributed by atoms with Crippen LogP contribution in [0.4, 0.5) is 13.2 Å². The van der Waals surface area contributed by atoms with Gasteiger partial charge in [0.05, 0.1) is 29.9 Å². The lowest BCUT2D eigenvalue weighted by Crippen LogP contribution is -2.17. The number of aromatic nitrogens is 1. The smallest absolute Gasteiger partial charge is 0.502 e. The summed E-state index contributed by atoms with van der Waals surface area (Å²) in [7, 11) is 1.66. The highest BCUT2D eigenvalue weighted by molar-refractivity contribution is 6.00. The van der Waals surface area contributed by atoms with E-state index in [1.54, 1.807) is 19.2 Å². The lowest BCUT2D eigenvalue weighted by atomic mass is 10.0. The predicted octanol–water partition coefficient (Wildman–Crippen LogP) is 8.53. The minimum absolute atomic E-state index is 0.0917. The topological polar surface area (TPSA) is 69.9 Å². The molecule has 0 aliphatic heterocycles. The first kappa shape index (κ1) is 33.9. The van der Waals surface area contributed by atoms with Crippen molar-refractivity contribution in [2.24, 2.45) is 0 Å². The molecule has 0 spiro atoms. The Kier molecular flexibility index (Phi) is 13.6. The van der Waals surface area contributed by atoms with E-state index in [4.69, 9.17) is 19.4 Å². The summed E-state index contributed by atoms with van der Waals surface area (Å²) in [6.45, 7) is 17.7. The standard InChI is InChI=1S/C25H26F3NO2.C5H10O.CH2O2/c1-6-16(3)23-18(5)29(15-19-10-8-11-20(14-19)30-17(4)7-2)21-12-9-13-22(24(21)23)31-25(26,27)28;1-4-5(2)6-3;2-1-3/h6,8-14,17H,1,3,7,15H2,2,4-5H3;4H,1-3H3;1H,(H,2,3)/b;5-4+;. The lowest BCUT2D eigenvalue weighted by Gasteiger charge is -2.14. The number of hydrogen-bond acceptors (Lipinski definition) is 4. The van der Waals surface area contributed by atoms with Crippen LogP contribution >= 0.6 is 0 Å². The highest BCUT2D eigenvalue weighted by Crippen LogP contribution is 2.39. The monoisotopic (exact) mass is 561 g/mol. The number of hydrogen-bond donors (Lipinski definition) is 1. The van der Waals surface area contributed by atoms with Crippen LogP contribution in [0.2, 0.25) is 0 Å². The number of allylic oxidation sites excluding steroid dienone is 4. The Labute approximate surface area is 234 Å². The van der Waals surface area contributed by atoms with Crippen LogP contribution in [0.1, 0.15) is 50.9 Å². The van der Waals surface area contributed by atoms with Crippen molar-refractivity contribution in [3.63, 3.8) is 0 Å². The average Bonchev–Trinajstić information content (AvgIpc) is 3.19. The van der Waals surface area contributed by atoms with Gasteiger partial charge in [0.1, 0.15) is 11.5 Å². The molecule has 0 radical (unpaired) electrons. The Morgan fingerprint density at radius 2 is 1.82 bits per heavy atom. The molecule has 218 valence electrons. The molecule has 1 N–H and O–H groups in total. The van der Waals surface area contributed by atoms with Gasteiger partial charge in [0.15, 0.2) is 0 Å². The minimum atomic E-state index is -4.79. The van der Waals surface area contributed by atoms with Crippen molar-refractivity contribution in [3.05, 3.63) is 90.4 Å². The fourth-order valence-electron chi connectivity index (χ4n) is 3.73. The van der Waals surface area contributed by atoms with E-state index in [1.165, 1.54) is 12.1 Å². The van der Waals surface area contributed by atoms with Crippen molar-refractivity contribution < 1.29 is 37.3 Å². The van der Waals surface area contributed by atoms with Crippen molar-refractivity contribution in [2.45, 2.75) is 60.1 Å². The Bertz CT molecular complexity index is 1310. The van der Waals surface area contributed by atoms with Crippen molar-refractivity contribution in [3.8, 4) is 11.5 Å². The highest BCUT2D eigenvalue weighted by atomic mass is 19.4. The van der Waals surface area contributed by atoms with E-state index >= 15 is 0 Å². The van der Waals surface area contributed by atoms with Gasteiger partial charge in [0.2, 0.25) is 0 Å². The summed E-state index contributed by atoms with van der Waals surface area (Å²) in [4.78, 5) is 8.36. The van der Waals surface area contributed by atoms with Crippen LogP contribution in [0.25, 0.3) is 16.5 Å². The molecule has 0 saturated heterocycles. The lowest BCUT2D eigenvalue weighted by molar-refractivity contribution is -0.274. The van der Waals surface area contributed by atoms with Crippen molar-refractivity contribution in [2.75, 3.05) is 7.11 Å². The fourth-order valence-corrected chi connectivity index (χ4v) is 3.73. The molecule has 9 heteroatoms. The first-order chi connectivity index (χ1) is 18.9. The van der Waals surface area contributed by atoms with Crippen LogP contribution in [0, 0.1) is 6.92 Å². The molecule has 0 aliphatic rings. The zero-order chi connectivity index (χ0) is 30.5. The molecule has 0 aliphatic carbocycles. The molecule has 0 saturated carbocycles. The molecule has 3 rings (SSSR count). The van der Waals surface area contributed by atoms with Crippen LogP contribution in [0.5, 0.6) is 11.5 Å². The van der Waals surface area contributed by atoms with Crippen LogP contribution in [0.15, 0.2) is 73.5 Å². The number of methoxy groups -OCH3 is 1. The van der Waals surface area contributed by atoms with E-state index in [0.29, 0.717) is 28.6 Å². The molecule has 6 nitrogen and oxygen atoms in total. The second kappa shape index (κ2) is 16.1. The molecular weight excluding hydrogens is 523 g/mol. The molecule has 1 atom stereocenters. The summed E-state index contributed by atoms with van der Waals surface area (Å²) in [6.07, 6.45) is -0.356. The molecule has 1 heterocycles. The maximum absolute atomic E-state index is 13.0. The first-order valence-electron chi connectivity index (χ1n) is 12.6. The van der Waals surface area contributed by atoms with Crippen LogP contribution in [0.3, 0.4) is 0 Å². The maximum Gasteiger partial charge on any atom is 0.573 e. The van der Waals surface area contributed by atoms with Gasteiger partial charge in [-0.05, 0) is 69.5 Å². The van der Waals surface area contributed by atoms with Gasteiger partial charge in [-0.25, -0.2) is 0 Å². The predicted molar refractivity (Wildman–Crippen MR) is 154 cm³/mol. The second-order valence-electron chi connectivity index (χ2n) is 8.67. The molecule has 0 amide bonds. The van der Waals surface area contributed by atoms with Gasteiger partial charge in [0.25, 0.3) is 6.47 Å². The number of benzene rings is 2. The summed E-state index contributed by atoms with van der Waals surface area (Å²) >= 11 is 0. The average molecular weight is 562 g/mol. The SMILES string of the molecule is C/C=C(\C)OC.C=CC(=C)c1c(C)n(Cc2cccc(OC(C)CC)c2)c2cccc(OC(F)(F)F)c12.O=CO. The number of fused-ring (bicyclic) bond motifs is 1. The highest BCUT2D eigenvalue weighted by Gasteiger charge is 2.33. The largest absolute Gasteiger partial charge is 0.573 e. The zero-order valence-corrected chi connectivity index (χ0v) is 23.8. The Hall–Kier alpha value is -4.14. The summed E-state index contributed by atoms with van der Waals surface area (Å²) in [5.74, 6) is 1.48. The third-order valence-corrected chi connectivity index (χ3v) is 5.98. The quantitative estimate of drug-likeness (QED) is 0.161. The summed E-state index contributed by atoms with van der Waals surface area (Å²) in [5.41, 5.74) is 3.51. The van der Waals surface area contributed by atoms with Crippen LogP contribution in [-0.2, 0) is 16.1 Å². The molecule has 2 aromatic carbocycles. The molecule has 0 bridgehead atoms. The van der Waals surface area contributed by atoms with Gasteiger partial charge in [-0.15, -0.1) is 13.2 Å². The Morgan fingerprint density at radius 1 is 1.20 bits per heavy atom. The van der Waals surface area contributed by atoms with Gasteiger partial charge >= 0.3 is 6.36 Å². The number of halogens is 3. The van der Waals surface area contributed by atoms with E-state index in [-0.39, 0.29) is 18.3 Å². The Morgan fingerprint density at radius 3 is 2.33 bits per heavy atom. The molecule has 1 aromatic heterocycles.